The van der Waals surface area contributed by atoms with Crippen molar-refractivity contribution in [3.8, 4) is 0 Å². The molecule has 1 fully saturated rings. The molecule has 2 N–H and O–H groups in total. The van der Waals surface area contributed by atoms with Crippen LogP contribution in [0.5, 0.6) is 0 Å². The van der Waals surface area contributed by atoms with Crippen LogP contribution in [0, 0.1) is 5.92 Å². The molecule has 1 saturated heterocycles. The van der Waals surface area contributed by atoms with Crippen LogP contribution >= 0.6 is 0 Å². The van der Waals surface area contributed by atoms with E-state index in [0.717, 1.165) is 25.9 Å². The molecule has 8 nitrogen and oxygen atoms in total. The lowest BCUT2D eigenvalue weighted by atomic mass is 9.98. The molecule has 0 radical (unpaired) electrons. The number of piperidine rings is 1. The zero-order chi connectivity index (χ0) is 15.3. The molecule has 1 aromatic heterocycles. The molecule has 1 aromatic rings. The van der Waals surface area contributed by atoms with Crippen LogP contribution in [0.3, 0.4) is 0 Å². The first-order valence-electron chi connectivity index (χ1n) is 7.31. The van der Waals surface area contributed by atoms with E-state index < -0.39 is 10.2 Å². The summed E-state index contributed by atoms with van der Waals surface area (Å²) in [4.78, 5) is 0. The summed E-state index contributed by atoms with van der Waals surface area (Å²) in [5.74, 6) is 1.16. The van der Waals surface area contributed by atoms with Crippen molar-refractivity contribution in [2.75, 3.05) is 26.2 Å². The topological polar surface area (TPSA) is 92.2 Å². The fourth-order valence-electron chi connectivity index (χ4n) is 2.42. The van der Waals surface area contributed by atoms with E-state index in [1.165, 1.54) is 4.31 Å². The predicted molar refractivity (Wildman–Crippen MR) is 79.6 cm³/mol. The zero-order valence-corrected chi connectivity index (χ0v) is 13.4. The normalized spacial score (nSPS) is 18.2. The first kappa shape index (κ1) is 16.3. The van der Waals surface area contributed by atoms with Crippen molar-refractivity contribution < 1.29 is 8.42 Å². The number of nitrogens with one attached hydrogen (secondary N) is 2. The van der Waals surface area contributed by atoms with Crippen LogP contribution < -0.4 is 10.0 Å². The summed E-state index contributed by atoms with van der Waals surface area (Å²) < 4.78 is 30.3. The number of hydrogen-bond acceptors (Lipinski definition) is 5. The molecule has 120 valence electrons. The van der Waals surface area contributed by atoms with E-state index in [0.29, 0.717) is 24.8 Å². The molecule has 9 heteroatoms. The third-order valence-corrected chi connectivity index (χ3v) is 5.37. The molecule has 2 rings (SSSR count). The summed E-state index contributed by atoms with van der Waals surface area (Å²) in [6.07, 6.45) is 3.35. The summed E-state index contributed by atoms with van der Waals surface area (Å²) in [6, 6.07) is 0. The summed E-state index contributed by atoms with van der Waals surface area (Å²) >= 11 is 0. The van der Waals surface area contributed by atoms with Crippen LogP contribution in [-0.2, 0) is 23.8 Å². The average molecular weight is 316 g/mol. The molecule has 0 spiro atoms. The van der Waals surface area contributed by atoms with Crippen molar-refractivity contribution in [2.24, 2.45) is 13.0 Å². The van der Waals surface area contributed by atoms with Gasteiger partial charge in [0.1, 0.15) is 12.2 Å². The van der Waals surface area contributed by atoms with Crippen molar-refractivity contribution in [3.63, 3.8) is 0 Å². The van der Waals surface area contributed by atoms with Crippen molar-refractivity contribution in [2.45, 2.75) is 26.3 Å². The maximum absolute atomic E-state index is 12.3. The summed E-state index contributed by atoms with van der Waals surface area (Å²) in [6.45, 7) is 5.31. The van der Waals surface area contributed by atoms with Crippen LogP contribution in [-0.4, -0.2) is 53.7 Å². The van der Waals surface area contributed by atoms with E-state index >= 15 is 0 Å². The fraction of sp³-hybridized carbons (Fsp3) is 0.833. The van der Waals surface area contributed by atoms with E-state index in [1.54, 1.807) is 17.9 Å². The van der Waals surface area contributed by atoms with Crippen LogP contribution in [0.25, 0.3) is 0 Å². The first-order chi connectivity index (χ1) is 10.0. The first-order valence-corrected chi connectivity index (χ1v) is 8.75. The number of aryl methyl sites for hydroxylation is 1. The largest absolute Gasteiger partial charge is 0.320 e. The van der Waals surface area contributed by atoms with Gasteiger partial charge in [0.25, 0.3) is 10.2 Å². The Kier molecular flexibility index (Phi) is 5.68. The maximum atomic E-state index is 12.3. The van der Waals surface area contributed by atoms with Gasteiger partial charge in [-0.1, -0.05) is 6.92 Å². The standard InChI is InChI=1S/C12H24N6O2S/c1-3-13-8-11-4-6-18(7-5-11)21(19,20)15-9-12-16-14-10-17(12)2/h10-11,13,15H,3-9H2,1-2H3. The second-order valence-electron chi connectivity index (χ2n) is 5.33. The van der Waals surface area contributed by atoms with E-state index in [4.69, 9.17) is 0 Å². The molecule has 1 aliphatic heterocycles. The molecule has 2 heterocycles. The molecule has 0 aliphatic carbocycles. The van der Waals surface area contributed by atoms with E-state index in [9.17, 15) is 8.42 Å². The lowest BCUT2D eigenvalue weighted by Gasteiger charge is -2.31. The lowest BCUT2D eigenvalue weighted by molar-refractivity contribution is 0.266. The van der Waals surface area contributed by atoms with E-state index in [-0.39, 0.29) is 6.54 Å². The average Bonchev–Trinajstić information content (AvgIpc) is 2.89. The minimum Gasteiger partial charge on any atom is -0.320 e. The number of nitrogens with zero attached hydrogens (tertiary/aromatic N) is 4. The third-order valence-electron chi connectivity index (χ3n) is 3.81. The number of rotatable bonds is 7. The Morgan fingerprint density at radius 3 is 2.67 bits per heavy atom. The van der Waals surface area contributed by atoms with Gasteiger partial charge in [-0.05, 0) is 31.8 Å². The Morgan fingerprint density at radius 1 is 1.38 bits per heavy atom. The number of aromatic nitrogens is 3. The van der Waals surface area contributed by atoms with Gasteiger partial charge in [-0.2, -0.15) is 17.4 Å². The highest BCUT2D eigenvalue weighted by molar-refractivity contribution is 7.87. The Labute approximate surface area is 126 Å². The van der Waals surface area contributed by atoms with Gasteiger partial charge in [0.05, 0.1) is 6.54 Å². The van der Waals surface area contributed by atoms with Gasteiger partial charge in [-0.25, -0.2) is 0 Å². The molecule has 0 aromatic carbocycles. The van der Waals surface area contributed by atoms with E-state index in [2.05, 4.69) is 27.2 Å². The monoisotopic (exact) mass is 316 g/mol. The second-order valence-corrected chi connectivity index (χ2v) is 7.09. The van der Waals surface area contributed by atoms with Gasteiger partial charge in [-0.15, -0.1) is 10.2 Å². The summed E-state index contributed by atoms with van der Waals surface area (Å²) in [5.41, 5.74) is 0. The Balaban J connectivity index is 1.82. The highest BCUT2D eigenvalue weighted by Crippen LogP contribution is 2.18. The second kappa shape index (κ2) is 7.30. The smallest absolute Gasteiger partial charge is 0.279 e. The third kappa shape index (κ3) is 4.47. The van der Waals surface area contributed by atoms with Crippen LogP contribution in [0.2, 0.25) is 0 Å². The predicted octanol–water partition coefficient (Wildman–Crippen LogP) is -0.529. The Hall–Kier alpha value is -1.03. The molecule has 0 saturated carbocycles. The van der Waals surface area contributed by atoms with Gasteiger partial charge in [0.15, 0.2) is 0 Å². The van der Waals surface area contributed by atoms with Crippen LogP contribution in [0.15, 0.2) is 6.33 Å². The van der Waals surface area contributed by atoms with Crippen LogP contribution in [0.4, 0.5) is 0 Å². The van der Waals surface area contributed by atoms with Gasteiger partial charge >= 0.3 is 0 Å². The minimum atomic E-state index is -3.44. The minimum absolute atomic E-state index is 0.163. The Bertz CT molecular complexity index is 536. The Morgan fingerprint density at radius 2 is 2.10 bits per heavy atom. The number of hydrogen-bond donors (Lipinski definition) is 2. The molecular weight excluding hydrogens is 292 g/mol. The van der Waals surface area contributed by atoms with E-state index in [1.807, 2.05) is 0 Å². The van der Waals surface area contributed by atoms with Crippen molar-refractivity contribution in [1.82, 2.24) is 29.1 Å². The molecular formula is C12H24N6O2S. The van der Waals surface area contributed by atoms with Crippen molar-refractivity contribution in [3.05, 3.63) is 12.2 Å². The summed E-state index contributed by atoms with van der Waals surface area (Å²) in [7, 11) is -1.65. The quantitative estimate of drug-likeness (QED) is 0.705. The molecule has 0 bridgehead atoms. The molecule has 21 heavy (non-hydrogen) atoms. The maximum Gasteiger partial charge on any atom is 0.279 e. The molecule has 0 unspecified atom stereocenters. The highest BCUT2D eigenvalue weighted by Gasteiger charge is 2.27. The van der Waals surface area contributed by atoms with Crippen molar-refractivity contribution in [1.29, 1.82) is 0 Å². The zero-order valence-electron chi connectivity index (χ0n) is 12.6. The SMILES string of the molecule is CCNCC1CCN(S(=O)(=O)NCc2nncn2C)CC1. The lowest BCUT2D eigenvalue weighted by Crippen LogP contribution is -2.46. The fourth-order valence-corrected chi connectivity index (χ4v) is 3.60. The summed E-state index contributed by atoms with van der Waals surface area (Å²) in [5, 5.41) is 10.9. The van der Waals surface area contributed by atoms with Crippen molar-refractivity contribution >= 4 is 10.2 Å². The van der Waals surface area contributed by atoms with Gasteiger partial charge in [0, 0.05) is 20.1 Å². The van der Waals surface area contributed by atoms with Crippen LogP contribution in [0.1, 0.15) is 25.6 Å². The van der Waals surface area contributed by atoms with Gasteiger partial charge in [0.2, 0.25) is 0 Å². The molecule has 0 amide bonds. The highest BCUT2D eigenvalue weighted by atomic mass is 32.2. The van der Waals surface area contributed by atoms with Gasteiger partial charge < -0.3 is 9.88 Å². The molecule has 0 atom stereocenters. The molecule has 1 aliphatic rings. The van der Waals surface area contributed by atoms with Gasteiger partial charge in [-0.3, -0.25) is 0 Å².